The zero-order valence-corrected chi connectivity index (χ0v) is 26.6. The van der Waals surface area contributed by atoms with Crippen molar-refractivity contribution in [2.24, 2.45) is 0 Å². The number of furan rings is 1. The number of hydrogen-bond acceptors (Lipinski definition) is 1. The minimum atomic E-state index is -1.08. The molecule has 1 nitrogen and oxygen atoms in total. The number of benzene rings is 2. The summed E-state index contributed by atoms with van der Waals surface area (Å²) in [5.41, 5.74) is 12.5. The third kappa shape index (κ3) is 4.56. The molecule has 3 heterocycles. The average Bonchev–Trinajstić information content (AvgIpc) is 3.45. The van der Waals surface area contributed by atoms with Crippen molar-refractivity contribution in [2.75, 3.05) is 0 Å². The van der Waals surface area contributed by atoms with Crippen LogP contribution in [0.5, 0.6) is 0 Å². The number of fused-ring (bicyclic) bond motifs is 1. The third-order valence-electron chi connectivity index (χ3n) is 7.76. The van der Waals surface area contributed by atoms with Gasteiger partial charge in [-0.3, -0.25) is 0 Å². The van der Waals surface area contributed by atoms with Crippen molar-refractivity contribution < 1.29 is 54.0 Å². The second kappa shape index (κ2) is 9.97. The first-order valence-electron chi connectivity index (χ1n) is 11.9. The maximum absolute atomic E-state index is 5.53. The summed E-state index contributed by atoms with van der Waals surface area (Å²) in [4.78, 5) is 0. The molecule has 3 aromatic rings. The maximum atomic E-state index is 5.53. The van der Waals surface area contributed by atoms with E-state index in [1.807, 2.05) is 6.26 Å². The van der Waals surface area contributed by atoms with Crippen LogP contribution in [0.25, 0.3) is 22.4 Å². The molecule has 2 aromatic carbocycles. The van der Waals surface area contributed by atoms with Crippen LogP contribution in [-0.2, 0) is 30.1 Å². The molecule has 0 amide bonds. The van der Waals surface area contributed by atoms with E-state index in [9.17, 15) is 0 Å². The quantitative estimate of drug-likeness (QED) is 0.392. The number of hydrogen-bond donors (Lipinski definition) is 0. The molecule has 7 rings (SSSR count). The Bertz CT molecular complexity index is 1310. The van der Waals surface area contributed by atoms with Crippen LogP contribution in [0.1, 0.15) is 71.8 Å². The Morgan fingerprint density at radius 2 is 1.54 bits per heavy atom. The molecule has 2 unspecified atom stereocenters. The number of halogens is 2. The SMILES string of the molecule is CC1=C2c3ccoc3C1[Si]2(C)C.CC1=Cc2c(-c3ccc(C(C)(C)C)cc3)cccc2[CH]1[Zr+2].[Cl-].[Cl-]. The van der Waals surface area contributed by atoms with Gasteiger partial charge in [0, 0.05) is 11.1 Å². The van der Waals surface area contributed by atoms with E-state index < -0.39 is 8.07 Å². The summed E-state index contributed by atoms with van der Waals surface area (Å²) in [5, 5.41) is 1.66. The standard InChI is InChI=1S/C20H21.C10H12OSi.2ClH.Zr/c1-14-12-16-6-5-7-18(19(16)13-14)15-8-10-17(11-9-15)20(2,3)4;1-6-9-7-4-5-11-8(7)10(6)12(9,2)3;;;/h5-13H,1-4H3;4-5,10H,1-3H3;2*1H;/q;;;;+2/p-2. The predicted molar refractivity (Wildman–Crippen MR) is 138 cm³/mol. The van der Waals surface area contributed by atoms with E-state index in [1.54, 1.807) is 35.5 Å². The molecule has 35 heavy (non-hydrogen) atoms. The summed E-state index contributed by atoms with van der Waals surface area (Å²) in [5.74, 6) is 1.26. The van der Waals surface area contributed by atoms with E-state index in [0.29, 0.717) is 9.17 Å². The van der Waals surface area contributed by atoms with Crippen LogP contribution in [0.2, 0.25) is 13.1 Å². The second-order valence-electron chi connectivity index (χ2n) is 11.4. The first kappa shape index (κ1) is 28.5. The van der Waals surface area contributed by atoms with Crippen LogP contribution in [0.4, 0.5) is 0 Å². The van der Waals surface area contributed by atoms with Crippen molar-refractivity contribution >= 4 is 19.3 Å². The minimum absolute atomic E-state index is 0. The zero-order chi connectivity index (χ0) is 23.7. The first-order valence-corrected chi connectivity index (χ1v) is 16.4. The Balaban J connectivity index is 0.000000208. The van der Waals surface area contributed by atoms with Crippen molar-refractivity contribution in [3.8, 4) is 11.1 Å². The van der Waals surface area contributed by atoms with Crippen LogP contribution in [0, 0.1) is 0 Å². The van der Waals surface area contributed by atoms with Crippen LogP contribution < -0.4 is 24.8 Å². The van der Waals surface area contributed by atoms with Crippen molar-refractivity contribution in [3.05, 3.63) is 94.0 Å². The van der Waals surface area contributed by atoms with Gasteiger partial charge in [-0.05, 0) is 18.2 Å². The molecular weight excluding hydrogens is 567 g/mol. The third-order valence-corrected chi connectivity index (χ3v) is 13.7. The molecule has 5 heteroatoms. The van der Waals surface area contributed by atoms with Gasteiger partial charge >= 0.3 is 143 Å². The van der Waals surface area contributed by atoms with Gasteiger partial charge in [0.2, 0.25) is 0 Å². The normalized spacial score (nSPS) is 20.4. The van der Waals surface area contributed by atoms with Gasteiger partial charge in [-0.1, -0.05) is 18.7 Å². The molecule has 0 N–H and O–H groups in total. The summed E-state index contributed by atoms with van der Waals surface area (Å²) in [7, 11) is -1.08. The minimum Gasteiger partial charge on any atom is -1.00 e. The van der Waals surface area contributed by atoms with Gasteiger partial charge in [-0.25, -0.2) is 0 Å². The van der Waals surface area contributed by atoms with Crippen LogP contribution in [0.15, 0.2) is 70.4 Å². The van der Waals surface area contributed by atoms with Gasteiger partial charge in [0.25, 0.3) is 0 Å². The molecule has 0 spiro atoms. The fourth-order valence-electron chi connectivity index (χ4n) is 6.05. The Morgan fingerprint density at radius 1 is 0.886 bits per heavy atom. The van der Waals surface area contributed by atoms with Crippen molar-refractivity contribution in [3.63, 3.8) is 0 Å². The van der Waals surface area contributed by atoms with Gasteiger partial charge in [0.05, 0.1) is 14.3 Å². The summed E-state index contributed by atoms with van der Waals surface area (Å²) >= 11 is 1.58. The molecule has 0 saturated carbocycles. The van der Waals surface area contributed by atoms with Gasteiger partial charge in [0.15, 0.2) is 0 Å². The van der Waals surface area contributed by atoms with E-state index in [1.165, 1.54) is 44.7 Å². The summed E-state index contributed by atoms with van der Waals surface area (Å²) in [6, 6.07) is 18.0. The maximum Gasteiger partial charge on any atom is -1.00 e. The predicted octanol–water partition coefficient (Wildman–Crippen LogP) is 2.61. The molecule has 4 aliphatic rings. The summed E-state index contributed by atoms with van der Waals surface area (Å²) in [6.07, 6.45) is 4.20. The van der Waals surface area contributed by atoms with Crippen molar-refractivity contribution in [1.29, 1.82) is 0 Å². The van der Waals surface area contributed by atoms with Crippen molar-refractivity contribution in [1.82, 2.24) is 0 Å². The molecule has 1 aromatic heterocycles. The fourth-order valence-corrected chi connectivity index (χ4v) is 11.1. The molecule has 2 aliphatic heterocycles. The zero-order valence-electron chi connectivity index (χ0n) is 21.6. The summed E-state index contributed by atoms with van der Waals surface area (Å²) < 4.78 is 6.17. The molecule has 181 valence electrons. The van der Waals surface area contributed by atoms with Gasteiger partial charge < -0.3 is 29.2 Å². The van der Waals surface area contributed by atoms with Crippen LogP contribution in [0.3, 0.4) is 0 Å². The number of rotatable bonds is 1. The molecule has 2 bridgehead atoms. The molecule has 0 saturated heterocycles. The summed E-state index contributed by atoms with van der Waals surface area (Å²) in [6.45, 7) is 16.2. The van der Waals surface area contributed by atoms with Gasteiger partial charge in [-0.2, -0.15) is 0 Å². The number of allylic oxidation sites excluding steroid dienone is 2. The molecule has 0 radical (unpaired) electrons. The molecule has 0 fully saturated rings. The average molecular weight is 600 g/mol. The molecule has 2 atom stereocenters. The van der Waals surface area contributed by atoms with Gasteiger partial charge in [-0.15, -0.1) is 0 Å². The second-order valence-corrected chi connectivity index (χ2v) is 17.3. The Labute approximate surface area is 239 Å². The molecule has 2 aliphatic carbocycles. The van der Waals surface area contributed by atoms with E-state index in [-0.39, 0.29) is 30.2 Å². The fraction of sp³-hybridized carbons (Fsp3) is 0.333. The van der Waals surface area contributed by atoms with Crippen molar-refractivity contribution in [2.45, 2.75) is 62.3 Å². The molecular formula is C30H33Cl2OSiZr. The van der Waals surface area contributed by atoms with E-state index >= 15 is 0 Å². The Morgan fingerprint density at radius 3 is 2.11 bits per heavy atom. The van der Waals surface area contributed by atoms with E-state index in [4.69, 9.17) is 4.42 Å². The largest absolute Gasteiger partial charge is 1.00 e. The van der Waals surface area contributed by atoms with Crippen LogP contribution >= 0.6 is 0 Å². The first-order chi connectivity index (χ1) is 15.5. The van der Waals surface area contributed by atoms with Gasteiger partial charge in [0.1, 0.15) is 5.76 Å². The van der Waals surface area contributed by atoms with E-state index in [2.05, 4.69) is 102 Å². The topological polar surface area (TPSA) is 13.1 Å². The van der Waals surface area contributed by atoms with Crippen LogP contribution in [-0.4, -0.2) is 8.07 Å². The van der Waals surface area contributed by atoms with E-state index in [0.717, 1.165) is 0 Å². The smallest absolute Gasteiger partial charge is 1.00 e. The Hall–Kier alpha value is -1.12. The monoisotopic (exact) mass is 597 g/mol. The Kier molecular flexibility index (Phi) is 8.11.